The van der Waals surface area contributed by atoms with Crippen molar-refractivity contribution in [3.8, 4) is 0 Å². The van der Waals surface area contributed by atoms with E-state index < -0.39 is 0 Å². The van der Waals surface area contributed by atoms with Crippen LogP contribution in [0.3, 0.4) is 0 Å². The third kappa shape index (κ3) is 12.5. The minimum Gasteiger partial charge on any atom is -0.488 e. The zero-order valence-corrected chi connectivity index (χ0v) is 13.8. The zero-order valence-electron chi connectivity index (χ0n) is 13.8. The fraction of sp³-hybridized carbons (Fsp3) is 0.867. The molecule has 0 saturated carbocycles. The summed E-state index contributed by atoms with van der Waals surface area (Å²) in [6.45, 7) is 12.5. The smallest absolute Gasteiger partial charge is 0.318 e. The molecule has 0 aliphatic carbocycles. The third-order valence-corrected chi connectivity index (χ3v) is 2.37. The topological polar surface area (TPSA) is 55.4 Å². The summed E-state index contributed by atoms with van der Waals surface area (Å²) in [5, 5.41) is 0. The van der Waals surface area contributed by atoms with Crippen LogP contribution in [0, 0.1) is 0 Å². The molecule has 6 nitrogen and oxygen atoms in total. The number of ether oxygens (including phenoxy) is 6. The highest BCUT2D eigenvalue weighted by atomic mass is 16.7. The van der Waals surface area contributed by atoms with Gasteiger partial charge in [-0.25, -0.2) is 0 Å². The number of allylic oxidation sites excluding steroid dienone is 1. The molecule has 0 aromatic carbocycles. The Hall–Kier alpha value is -0.980. The van der Waals surface area contributed by atoms with Crippen molar-refractivity contribution < 1.29 is 28.4 Å². The van der Waals surface area contributed by atoms with Crippen LogP contribution in [-0.4, -0.2) is 59.5 Å². The molecule has 0 aromatic heterocycles. The summed E-state index contributed by atoms with van der Waals surface area (Å²) in [4.78, 5) is 0. The summed E-state index contributed by atoms with van der Waals surface area (Å²) >= 11 is 0. The molecule has 0 spiro atoms. The van der Waals surface area contributed by atoms with E-state index in [0.29, 0.717) is 71.2 Å². The fourth-order valence-electron chi connectivity index (χ4n) is 1.38. The first kappa shape index (κ1) is 20.0. The van der Waals surface area contributed by atoms with Crippen molar-refractivity contribution in [2.75, 3.05) is 59.5 Å². The Balaban J connectivity index is 4.16. The molecule has 0 aliphatic heterocycles. The summed E-state index contributed by atoms with van der Waals surface area (Å²) in [5.41, 5.74) is 0. The molecule has 21 heavy (non-hydrogen) atoms. The lowest BCUT2D eigenvalue weighted by atomic mass is 10.5. The van der Waals surface area contributed by atoms with E-state index in [-0.39, 0.29) is 0 Å². The van der Waals surface area contributed by atoms with Gasteiger partial charge in [0.05, 0.1) is 19.8 Å². The fourth-order valence-corrected chi connectivity index (χ4v) is 1.38. The van der Waals surface area contributed by atoms with E-state index in [2.05, 4.69) is 0 Å². The average molecular weight is 306 g/mol. The van der Waals surface area contributed by atoms with Crippen LogP contribution in [0.15, 0.2) is 11.7 Å². The van der Waals surface area contributed by atoms with Crippen molar-refractivity contribution in [2.45, 2.75) is 27.7 Å². The number of rotatable bonds is 15. The SMILES string of the molecule is CCOCCOC(C)=C(OCCOCC)OCCOCC. The highest BCUT2D eigenvalue weighted by molar-refractivity contribution is 4.91. The Bertz CT molecular complexity index is 241. The summed E-state index contributed by atoms with van der Waals surface area (Å²) in [6.07, 6.45) is 0. The molecule has 6 heteroatoms. The average Bonchev–Trinajstić information content (AvgIpc) is 2.49. The van der Waals surface area contributed by atoms with Gasteiger partial charge in [-0.2, -0.15) is 0 Å². The van der Waals surface area contributed by atoms with Gasteiger partial charge in [-0.3, -0.25) is 0 Å². The molecule has 126 valence electrons. The molecule has 0 atom stereocenters. The molecule has 0 saturated heterocycles. The molecule has 0 unspecified atom stereocenters. The van der Waals surface area contributed by atoms with E-state index in [1.807, 2.05) is 27.7 Å². The maximum Gasteiger partial charge on any atom is 0.318 e. The van der Waals surface area contributed by atoms with E-state index in [1.54, 1.807) is 0 Å². The normalized spacial score (nSPS) is 10.3. The van der Waals surface area contributed by atoms with Crippen LogP contribution in [0.4, 0.5) is 0 Å². The number of hydrogen-bond donors (Lipinski definition) is 0. The lowest BCUT2D eigenvalue weighted by Crippen LogP contribution is -2.12. The van der Waals surface area contributed by atoms with Crippen LogP contribution < -0.4 is 0 Å². The second-order valence-electron chi connectivity index (χ2n) is 3.98. The van der Waals surface area contributed by atoms with Gasteiger partial charge in [-0.05, 0) is 20.8 Å². The molecule has 0 amide bonds. The van der Waals surface area contributed by atoms with Crippen molar-refractivity contribution in [3.05, 3.63) is 11.7 Å². The Labute approximate surface area is 128 Å². The Kier molecular flexibility index (Phi) is 14.7. The molecule has 0 bridgehead atoms. The predicted octanol–water partition coefficient (Wildman–Crippen LogP) is 2.33. The molecule has 0 radical (unpaired) electrons. The van der Waals surface area contributed by atoms with E-state index >= 15 is 0 Å². The van der Waals surface area contributed by atoms with Gasteiger partial charge >= 0.3 is 5.95 Å². The van der Waals surface area contributed by atoms with Crippen LogP contribution in [0.25, 0.3) is 0 Å². The van der Waals surface area contributed by atoms with Crippen molar-refractivity contribution >= 4 is 0 Å². The first-order valence-electron chi connectivity index (χ1n) is 7.58. The van der Waals surface area contributed by atoms with Crippen LogP contribution >= 0.6 is 0 Å². The molecule has 0 rings (SSSR count). The van der Waals surface area contributed by atoms with E-state index in [1.165, 1.54) is 0 Å². The van der Waals surface area contributed by atoms with Gasteiger partial charge in [0.2, 0.25) is 0 Å². The number of hydrogen-bond acceptors (Lipinski definition) is 6. The third-order valence-electron chi connectivity index (χ3n) is 2.37. The van der Waals surface area contributed by atoms with Crippen molar-refractivity contribution in [1.82, 2.24) is 0 Å². The largest absolute Gasteiger partial charge is 0.488 e. The maximum absolute atomic E-state index is 5.55. The summed E-state index contributed by atoms with van der Waals surface area (Å²) < 4.78 is 32.3. The van der Waals surface area contributed by atoms with Gasteiger partial charge < -0.3 is 28.4 Å². The summed E-state index contributed by atoms with van der Waals surface area (Å²) in [5.74, 6) is 0.980. The van der Waals surface area contributed by atoms with Gasteiger partial charge in [0.15, 0.2) is 5.76 Å². The lowest BCUT2D eigenvalue weighted by molar-refractivity contribution is -0.0274. The molecule has 0 N–H and O–H groups in total. The van der Waals surface area contributed by atoms with E-state index in [9.17, 15) is 0 Å². The minimum atomic E-state index is 0.380. The molecular weight excluding hydrogens is 276 g/mol. The second kappa shape index (κ2) is 15.4. The molecule has 0 aliphatic rings. The van der Waals surface area contributed by atoms with Crippen molar-refractivity contribution in [2.24, 2.45) is 0 Å². The summed E-state index contributed by atoms with van der Waals surface area (Å²) in [7, 11) is 0. The lowest BCUT2D eigenvalue weighted by Gasteiger charge is -2.15. The predicted molar refractivity (Wildman–Crippen MR) is 80.0 cm³/mol. The van der Waals surface area contributed by atoms with E-state index in [0.717, 1.165) is 0 Å². The van der Waals surface area contributed by atoms with Gasteiger partial charge in [0.1, 0.15) is 19.8 Å². The Morgan fingerprint density at radius 3 is 1.33 bits per heavy atom. The zero-order chi connectivity index (χ0) is 15.8. The first-order chi connectivity index (χ1) is 10.3. The van der Waals surface area contributed by atoms with Crippen molar-refractivity contribution in [3.63, 3.8) is 0 Å². The van der Waals surface area contributed by atoms with Gasteiger partial charge in [0, 0.05) is 26.7 Å². The summed E-state index contributed by atoms with van der Waals surface area (Å²) in [6, 6.07) is 0. The van der Waals surface area contributed by atoms with Gasteiger partial charge in [-0.1, -0.05) is 0 Å². The maximum atomic E-state index is 5.55. The van der Waals surface area contributed by atoms with Gasteiger partial charge in [-0.15, -0.1) is 0 Å². The highest BCUT2D eigenvalue weighted by Crippen LogP contribution is 2.09. The molecular formula is C15H30O6. The Morgan fingerprint density at radius 1 is 0.571 bits per heavy atom. The Morgan fingerprint density at radius 2 is 0.952 bits per heavy atom. The molecule has 0 aromatic rings. The van der Waals surface area contributed by atoms with Crippen LogP contribution in [0.1, 0.15) is 27.7 Å². The van der Waals surface area contributed by atoms with E-state index in [4.69, 9.17) is 28.4 Å². The standard InChI is InChI=1S/C15H30O6/c1-5-16-8-11-19-14(4)15(20-12-9-17-6-2)21-13-10-18-7-3/h5-13H2,1-4H3. The monoisotopic (exact) mass is 306 g/mol. The molecule has 0 heterocycles. The minimum absolute atomic E-state index is 0.380. The highest BCUT2D eigenvalue weighted by Gasteiger charge is 2.08. The quantitative estimate of drug-likeness (QED) is 0.342. The second-order valence-corrected chi connectivity index (χ2v) is 3.98. The van der Waals surface area contributed by atoms with Crippen molar-refractivity contribution in [1.29, 1.82) is 0 Å². The van der Waals surface area contributed by atoms with Crippen LogP contribution in [-0.2, 0) is 28.4 Å². The van der Waals surface area contributed by atoms with Crippen LogP contribution in [0.2, 0.25) is 0 Å². The van der Waals surface area contributed by atoms with Crippen LogP contribution in [0.5, 0.6) is 0 Å². The first-order valence-corrected chi connectivity index (χ1v) is 7.58. The van der Waals surface area contributed by atoms with Gasteiger partial charge in [0.25, 0.3) is 0 Å². The molecule has 0 fully saturated rings.